The van der Waals surface area contributed by atoms with E-state index in [-0.39, 0.29) is 17.9 Å². The maximum absolute atomic E-state index is 14.4. The number of likely N-dealkylation sites (N-methyl/N-ethyl adjacent to an activating group) is 1. The van der Waals surface area contributed by atoms with E-state index in [9.17, 15) is 27.2 Å². The van der Waals surface area contributed by atoms with E-state index in [1.54, 1.807) is 44.2 Å². The zero-order valence-corrected chi connectivity index (χ0v) is 21.2. The summed E-state index contributed by atoms with van der Waals surface area (Å²) in [5.41, 5.74) is 1.34. The third-order valence-electron chi connectivity index (χ3n) is 6.79. The Hall–Kier alpha value is -3.82. The molecule has 2 aliphatic rings. The molecule has 1 fully saturated rings. The molecule has 2 aromatic carbocycles. The van der Waals surface area contributed by atoms with Crippen LogP contribution >= 0.6 is 0 Å². The Morgan fingerprint density at radius 3 is 2.50 bits per heavy atom. The summed E-state index contributed by atoms with van der Waals surface area (Å²) >= 11 is 0. The molecule has 1 aliphatic carbocycles. The number of nitrogens with zero attached hydrogens (tertiary/aromatic N) is 2. The molecule has 1 heterocycles. The quantitative estimate of drug-likeness (QED) is 0.363. The van der Waals surface area contributed by atoms with Crippen molar-refractivity contribution in [2.45, 2.75) is 44.7 Å². The van der Waals surface area contributed by atoms with Gasteiger partial charge in [0.25, 0.3) is 11.8 Å². The number of allylic oxidation sites excluding steroid dienone is 1. The van der Waals surface area contributed by atoms with Crippen molar-refractivity contribution in [2.24, 2.45) is 0 Å². The van der Waals surface area contributed by atoms with E-state index in [2.05, 4.69) is 10.6 Å². The number of hydrogen-bond donors (Lipinski definition) is 2. The van der Waals surface area contributed by atoms with Gasteiger partial charge in [-0.1, -0.05) is 36.4 Å². The van der Waals surface area contributed by atoms with Gasteiger partial charge in [0, 0.05) is 37.7 Å². The predicted octanol–water partition coefficient (Wildman–Crippen LogP) is 4.74. The van der Waals surface area contributed by atoms with Crippen LogP contribution in [0.15, 0.2) is 72.3 Å². The first kappa shape index (κ1) is 27.2. The van der Waals surface area contributed by atoms with E-state index in [0.29, 0.717) is 17.7 Å². The standard InChI is InChI=1S/C28H30F4N4O2/c1-3-35(21-15-28(31,32)16-21)27(38)25(22-11-5-4-8-18(22)2)36(20-10-6-9-19(29)14-20)24(37)17-34-23-12-7-13-33-26(23)30/h4-12,14,21,25,33-34H,3,13,15-17H2,1-2H3. The Balaban J connectivity index is 1.76. The molecule has 1 atom stereocenters. The monoisotopic (exact) mass is 530 g/mol. The Kier molecular flexibility index (Phi) is 8.08. The normalized spacial score (nSPS) is 17.3. The minimum absolute atomic E-state index is 0.0643. The van der Waals surface area contributed by atoms with Crippen LogP contribution in [0.2, 0.25) is 0 Å². The molecule has 0 saturated heterocycles. The van der Waals surface area contributed by atoms with E-state index in [0.717, 1.165) is 6.07 Å². The Morgan fingerprint density at radius 2 is 1.87 bits per heavy atom. The summed E-state index contributed by atoms with van der Waals surface area (Å²) in [7, 11) is 0. The lowest BCUT2D eigenvalue weighted by Gasteiger charge is -2.44. The highest BCUT2D eigenvalue weighted by molar-refractivity contribution is 6.02. The highest BCUT2D eigenvalue weighted by Gasteiger charge is 2.50. The van der Waals surface area contributed by atoms with Crippen molar-refractivity contribution in [1.82, 2.24) is 15.5 Å². The van der Waals surface area contributed by atoms with Gasteiger partial charge in [-0.2, -0.15) is 4.39 Å². The van der Waals surface area contributed by atoms with E-state index in [4.69, 9.17) is 0 Å². The Morgan fingerprint density at radius 1 is 1.13 bits per heavy atom. The largest absolute Gasteiger partial charge is 0.372 e. The third kappa shape index (κ3) is 5.84. The Labute approximate surface area is 219 Å². The molecule has 202 valence electrons. The van der Waals surface area contributed by atoms with Crippen molar-refractivity contribution in [2.75, 3.05) is 24.5 Å². The van der Waals surface area contributed by atoms with Gasteiger partial charge in [-0.15, -0.1) is 0 Å². The van der Waals surface area contributed by atoms with Crippen LogP contribution in [-0.2, 0) is 9.59 Å². The van der Waals surface area contributed by atoms with Gasteiger partial charge in [0.2, 0.25) is 11.9 Å². The second-order valence-electron chi connectivity index (χ2n) is 9.41. The predicted molar refractivity (Wildman–Crippen MR) is 136 cm³/mol. The molecule has 2 amide bonds. The van der Waals surface area contributed by atoms with Gasteiger partial charge in [-0.25, -0.2) is 13.2 Å². The molecule has 6 nitrogen and oxygen atoms in total. The fourth-order valence-corrected chi connectivity index (χ4v) is 4.83. The second-order valence-corrected chi connectivity index (χ2v) is 9.41. The fraction of sp³-hybridized carbons (Fsp3) is 0.357. The van der Waals surface area contributed by atoms with E-state index >= 15 is 0 Å². The summed E-state index contributed by atoms with van der Waals surface area (Å²) in [6.45, 7) is 3.51. The first-order chi connectivity index (χ1) is 18.1. The maximum atomic E-state index is 14.4. The van der Waals surface area contributed by atoms with Gasteiger partial charge in [0.1, 0.15) is 11.9 Å². The molecule has 1 unspecified atom stereocenters. The molecule has 1 saturated carbocycles. The van der Waals surface area contributed by atoms with Crippen LogP contribution in [0.4, 0.5) is 23.2 Å². The number of amides is 2. The smallest absolute Gasteiger partial charge is 0.252 e. The number of hydrogen-bond acceptors (Lipinski definition) is 4. The fourth-order valence-electron chi connectivity index (χ4n) is 4.83. The molecular formula is C28H30F4N4O2. The molecule has 4 rings (SSSR count). The lowest BCUT2D eigenvalue weighted by Crippen LogP contribution is -2.56. The molecule has 0 radical (unpaired) electrons. The number of carbonyl (C=O) groups excluding carboxylic acids is 2. The number of rotatable bonds is 9. The van der Waals surface area contributed by atoms with Crippen molar-refractivity contribution >= 4 is 17.5 Å². The summed E-state index contributed by atoms with van der Waals surface area (Å²) in [5, 5.41) is 5.26. The van der Waals surface area contributed by atoms with Crippen LogP contribution in [-0.4, -0.2) is 48.3 Å². The molecule has 0 spiro atoms. The molecular weight excluding hydrogens is 500 g/mol. The minimum Gasteiger partial charge on any atom is -0.372 e. The summed E-state index contributed by atoms with van der Waals surface area (Å²) in [6.07, 6.45) is 2.24. The highest BCUT2D eigenvalue weighted by Crippen LogP contribution is 2.42. The van der Waals surface area contributed by atoms with Gasteiger partial charge in [-0.05, 0) is 49.2 Å². The number of dihydropyridines is 1. The molecule has 10 heteroatoms. The minimum atomic E-state index is -2.85. The lowest BCUT2D eigenvalue weighted by molar-refractivity contribution is -0.154. The van der Waals surface area contributed by atoms with Crippen molar-refractivity contribution in [3.8, 4) is 0 Å². The molecule has 2 N–H and O–H groups in total. The van der Waals surface area contributed by atoms with Gasteiger partial charge >= 0.3 is 0 Å². The lowest BCUT2D eigenvalue weighted by atomic mass is 9.85. The third-order valence-corrected chi connectivity index (χ3v) is 6.79. The van der Waals surface area contributed by atoms with Crippen LogP contribution in [0, 0.1) is 12.7 Å². The van der Waals surface area contributed by atoms with E-state index < -0.39 is 61.0 Å². The number of anilines is 1. The zero-order chi connectivity index (χ0) is 27.4. The number of halogens is 4. The number of aryl methyl sites for hydroxylation is 1. The van der Waals surface area contributed by atoms with E-state index in [1.165, 1.54) is 34.1 Å². The summed E-state index contributed by atoms with van der Waals surface area (Å²) in [5.74, 6) is -5.29. The van der Waals surface area contributed by atoms with Crippen molar-refractivity contribution in [1.29, 1.82) is 0 Å². The topological polar surface area (TPSA) is 64.7 Å². The second kappa shape index (κ2) is 11.3. The van der Waals surface area contributed by atoms with Crippen molar-refractivity contribution in [3.05, 3.63) is 89.3 Å². The van der Waals surface area contributed by atoms with Crippen LogP contribution in [0.25, 0.3) is 0 Å². The molecule has 2 aromatic rings. The van der Waals surface area contributed by atoms with Crippen molar-refractivity contribution < 1.29 is 27.2 Å². The maximum Gasteiger partial charge on any atom is 0.252 e. The number of carbonyl (C=O) groups is 2. The summed E-state index contributed by atoms with van der Waals surface area (Å²) < 4.78 is 56.0. The molecule has 38 heavy (non-hydrogen) atoms. The van der Waals surface area contributed by atoms with Gasteiger partial charge in [-0.3, -0.25) is 14.5 Å². The number of nitrogens with one attached hydrogen (secondary N) is 2. The summed E-state index contributed by atoms with van der Waals surface area (Å²) in [4.78, 5) is 30.4. The highest BCUT2D eigenvalue weighted by atomic mass is 19.3. The zero-order valence-electron chi connectivity index (χ0n) is 21.2. The van der Waals surface area contributed by atoms with Gasteiger partial charge < -0.3 is 15.5 Å². The van der Waals surface area contributed by atoms with Crippen LogP contribution in [0.1, 0.15) is 36.9 Å². The number of benzene rings is 2. The van der Waals surface area contributed by atoms with Crippen LogP contribution in [0.5, 0.6) is 0 Å². The number of alkyl halides is 2. The van der Waals surface area contributed by atoms with Crippen LogP contribution in [0.3, 0.4) is 0 Å². The molecule has 0 aromatic heterocycles. The first-order valence-electron chi connectivity index (χ1n) is 12.5. The molecule has 0 bridgehead atoms. The van der Waals surface area contributed by atoms with E-state index in [1.807, 2.05) is 0 Å². The average Bonchev–Trinajstić information content (AvgIpc) is 2.86. The van der Waals surface area contributed by atoms with Gasteiger partial charge in [0.05, 0.1) is 12.2 Å². The van der Waals surface area contributed by atoms with Crippen molar-refractivity contribution in [3.63, 3.8) is 0 Å². The summed E-state index contributed by atoms with van der Waals surface area (Å²) in [6, 6.07) is 10.2. The average molecular weight is 531 g/mol. The first-order valence-corrected chi connectivity index (χ1v) is 12.5. The van der Waals surface area contributed by atoms with Gasteiger partial charge in [0.15, 0.2) is 0 Å². The Bertz CT molecular complexity index is 1250. The molecule has 1 aliphatic heterocycles. The SMILES string of the molecule is CCN(C(=O)C(c1ccccc1C)N(C(=O)CNC1=C(F)NCC=C1)c1cccc(F)c1)C1CC(F)(F)C1. The van der Waals surface area contributed by atoms with Crippen LogP contribution < -0.4 is 15.5 Å².